The minimum atomic E-state index is 0.850. The van der Waals surface area contributed by atoms with Crippen molar-refractivity contribution in [3.63, 3.8) is 0 Å². The molecule has 13 rings (SSSR count). The predicted molar refractivity (Wildman–Crippen MR) is 260 cm³/mol. The predicted octanol–water partition coefficient (Wildman–Crippen LogP) is 15.1. The van der Waals surface area contributed by atoms with Crippen LogP contribution in [-0.2, 0) is 0 Å². The summed E-state index contributed by atoms with van der Waals surface area (Å²) in [6.07, 6.45) is 1.93. The second kappa shape index (κ2) is 13.6. The van der Waals surface area contributed by atoms with Crippen molar-refractivity contribution in [2.75, 3.05) is 0 Å². The molecule has 10 aromatic carbocycles. The largest absolute Gasteiger partial charge is 0.309 e. The molecule has 0 atom stereocenters. The van der Waals surface area contributed by atoms with Crippen LogP contribution < -0.4 is 0 Å². The number of nitrogens with zero attached hydrogens (tertiary/aromatic N) is 4. The summed E-state index contributed by atoms with van der Waals surface area (Å²) >= 11 is 0. The molecule has 3 heterocycles. The Morgan fingerprint density at radius 1 is 0.274 bits per heavy atom. The number of para-hydroxylation sites is 2. The zero-order valence-electron chi connectivity index (χ0n) is 33.6. The molecule has 4 nitrogen and oxygen atoms in total. The van der Waals surface area contributed by atoms with E-state index in [0.717, 1.165) is 55.5 Å². The van der Waals surface area contributed by atoms with E-state index in [9.17, 15) is 0 Å². The van der Waals surface area contributed by atoms with Crippen LogP contribution in [0.1, 0.15) is 0 Å². The van der Waals surface area contributed by atoms with Crippen LogP contribution in [-0.4, -0.2) is 19.1 Å². The lowest BCUT2D eigenvalue weighted by Gasteiger charge is -2.12. The maximum atomic E-state index is 5.32. The van der Waals surface area contributed by atoms with E-state index in [1.165, 1.54) is 65.6 Å². The first-order chi connectivity index (χ1) is 30.7. The van der Waals surface area contributed by atoms with Crippen molar-refractivity contribution in [2.45, 2.75) is 0 Å². The Kier molecular flexibility index (Phi) is 7.57. The molecule has 288 valence electrons. The lowest BCUT2D eigenvalue weighted by atomic mass is 9.99. The van der Waals surface area contributed by atoms with Crippen molar-refractivity contribution in [3.8, 4) is 44.9 Å². The number of benzene rings is 10. The Morgan fingerprint density at radius 2 is 0.726 bits per heavy atom. The van der Waals surface area contributed by atoms with Gasteiger partial charge in [0.05, 0.1) is 45.0 Å². The third-order valence-corrected chi connectivity index (χ3v) is 12.7. The van der Waals surface area contributed by atoms with E-state index >= 15 is 0 Å². The van der Waals surface area contributed by atoms with Crippen LogP contribution in [0.5, 0.6) is 0 Å². The van der Waals surface area contributed by atoms with E-state index in [2.05, 4.69) is 221 Å². The fourth-order valence-electron chi connectivity index (χ4n) is 9.87. The van der Waals surface area contributed by atoms with Gasteiger partial charge in [-0.05, 0) is 99.8 Å². The molecular formula is C58H36N4. The second-order valence-corrected chi connectivity index (χ2v) is 16.2. The fraction of sp³-hybridized carbons (Fsp3) is 0. The molecule has 0 saturated carbocycles. The van der Waals surface area contributed by atoms with Gasteiger partial charge >= 0.3 is 0 Å². The standard InChI is InChI=1S/C58H36N4/c1-3-14-37(15-4-1)38-26-29-55-50(33-38)51-35-40(28-31-56(51)61(55)42-17-5-2-6-18-42)39-27-30-54-49(34-39)46-22-11-12-25-53(46)62(54)43-19-13-16-41(32-43)52-36-59-57-47-23-9-7-20-44(47)45-21-8-10-24-48(45)58(57)60-52/h1-36H. The molecule has 0 unspecified atom stereocenters. The van der Waals surface area contributed by atoms with Gasteiger partial charge in [0.15, 0.2) is 0 Å². The first-order valence-corrected chi connectivity index (χ1v) is 21.1. The lowest BCUT2D eigenvalue weighted by Crippen LogP contribution is -1.96. The first-order valence-electron chi connectivity index (χ1n) is 21.1. The Balaban J connectivity index is 0.954. The van der Waals surface area contributed by atoms with Crippen LogP contribution in [0, 0.1) is 0 Å². The smallest absolute Gasteiger partial charge is 0.0979 e. The van der Waals surface area contributed by atoms with Gasteiger partial charge in [-0.15, -0.1) is 0 Å². The zero-order chi connectivity index (χ0) is 40.7. The van der Waals surface area contributed by atoms with E-state index in [-0.39, 0.29) is 0 Å². The Hall–Kier alpha value is -8.34. The van der Waals surface area contributed by atoms with Crippen LogP contribution in [0.3, 0.4) is 0 Å². The van der Waals surface area contributed by atoms with Gasteiger partial charge in [0, 0.05) is 49.3 Å². The van der Waals surface area contributed by atoms with Crippen molar-refractivity contribution in [3.05, 3.63) is 219 Å². The summed E-state index contributed by atoms with van der Waals surface area (Å²) in [5.41, 5.74) is 15.5. The molecule has 0 saturated heterocycles. The molecule has 0 amide bonds. The highest BCUT2D eigenvalue weighted by molar-refractivity contribution is 6.23. The highest BCUT2D eigenvalue weighted by Gasteiger charge is 2.18. The van der Waals surface area contributed by atoms with Crippen LogP contribution >= 0.6 is 0 Å². The van der Waals surface area contributed by atoms with Gasteiger partial charge in [0.1, 0.15) is 0 Å². The summed E-state index contributed by atoms with van der Waals surface area (Å²) in [5.74, 6) is 0. The van der Waals surface area contributed by atoms with Gasteiger partial charge in [0.2, 0.25) is 0 Å². The lowest BCUT2D eigenvalue weighted by molar-refractivity contribution is 1.18. The van der Waals surface area contributed by atoms with Gasteiger partial charge in [-0.2, -0.15) is 0 Å². The molecule has 0 fully saturated rings. The van der Waals surface area contributed by atoms with E-state index in [1.54, 1.807) is 0 Å². The number of hydrogen-bond acceptors (Lipinski definition) is 2. The molecule has 0 radical (unpaired) electrons. The number of fused-ring (bicyclic) bond motifs is 12. The second-order valence-electron chi connectivity index (χ2n) is 16.2. The monoisotopic (exact) mass is 788 g/mol. The normalized spacial score (nSPS) is 11.9. The molecule has 0 bridgehead atoms. The maximum Gasteiger partial charge on any atom is 0.0979 e. The third-order valence-electron chi connectivity index (χ3n) is 12.7. The number of hydrogen-bond donors (Lipinski definition) is 0. The van der Waals surface area contributed by atoms with Crippen LogP contribution in [0.4, 0.5) is 0 Å². The SMILES string of the molecule is c1ccc(-c2ccc3c(c2)c2cc(-c4ccc5c(c4)c4ccccc4n5-c4cccc(-c5cnc6c7ccccc7c7ccccc7c6n5)c4)ccc2n3-c2ccccc2)cc1. The molecule has 62 heavy (non-hydrogen) atoms. The maximum absolute atomic E-state index is 5.32. The summed E-state index contributed by atoms with van der Waals surface area (Å²) in [4.78, 5) is 10.4. The van der Waals surface area contributed by atoms with Gasteiger partial charge in [-0.25, -0.2) is 4.98 Å². The van der Waals surface area contributed by atoms with Gasteiger partial charge in [-0.1, -0.05) is 146 Å². The van der Waals surface area contributed by atoms with Crippen molar-refractivity contribution in [2.24, 2.45) is 0 Å². The molecule has 0 aliphatic carbocycles. The first kappa shape index (κ1) is 34.5. The topological polar surface area (TPSA) is 35.6 Å². The molecule has 4 heteroatoms. The third kappa shape index (κ3) is 5.27. The van der Waals surface area contributed by atoms with Crippen LogP contribution in [0.25, 0.3) is 121 Å². The molecule has 0 aliphatic rings. The molecule has 13 aromatic rings. The molecular weight excluding hydrogens is 753 g/mol. The average Bonchev–Trinajstić information content (AvgIpc) is 3.86. The molecule has 0 spiro atoms. The highest BCUT2D eigenvalue weighted by Crippen LogP contribution is 2.40. The van der Waals surface area contributed by atoms with Crippen LogP contribution in [0.2, 0.25) is 0 Å². The highest BCUT2D eigenvalue weighted by atomic mass is 15.0. The Labute approximate surface area is 357 Å². The van der Waals surface area contributed by atoms with Crippen molar-refractivity contribution in [1.82, 2.24) is 19.1 Å². The van der Waals surface area contributed by atoms with Gasteiger partial charge in [-0.3, -0.25) is 4.98 Å². The quantitative estimate of drug-likeness (QED) is 0.163. The summed E-state index contributed by atoms with van der Waals surface area (Å²) in [5, 5.41) is 9.52. The van der Waals surface area contributed by atoms with Crippen molar-refractivity contribution in [1.29, 1.82) is 0 Å². The number of rotatable bonds is 5. The number of aromatic nitrogens is 4. The van der Waals surface area contributed by atoms with E-state index in [4.69, 9.17) is 9.97 Å². The zero-order valence-corrected chi connectivity index (χ0v) is 33.6. The molecule has 0 N–H and O–H groups in total. The summed E-state index contributed by atoms with van der Waals surface area (Å²) in [7, 11) is 0. The average molecular weight is 789 g/mol. The van der Waals surface area contributed by atoms with E-state index < -0.39 is 0 Å². The van der Waals surface area contributed by atoms with Crippen LogP contribution in [0.15, 0.2) is 219 Å². The fourth-order valence-corrected chi connectivity index (χ4v) is 9.87. The summed E-state index contributed by atoms with van der Waals surface area (Å²) < 4.78 is 4.78. The van der Waals surface area contributed by atoms with Gasteiger partial charge in [0.25, 0.3) is 0 Å². The van der Waals surface area contributed by atoms with E-state index in [0.29, 0.717) is 0 Å². The van der Waals surface area contributed by atoms with Crippen molar-refractivity contribution < 1.29 is 0 Å². The Morgan fingerprint density at radius 3 is 1.37 bits per heavy atom. The summed E-state index contributed by atoms with van der Waals surface area (Å²) in [6, 6.07) is 76.6. The molecule has 3 aromatic heterocycles. The van der Waals surface area contributed by atoms with Gasteiger partial charge < -0.3 is 9.13 Å². The summed E-state index contributed by atoms with van der Waals surface area (Å²) in [6.45, 7) is 0. The minimum absolute atomic E-state index is 0.850. The van der Waals surface area contributed by atoms with E-state index in [1.807, 2.05) is 6.20 Å². The Bertz CT molecular complexity index is 3880. The molecule has 0 aliphatic heterocycles. The minimum Gasteiger partial charge on any atom is -0.309 e. The van der Waals surface area contributed by atoms with Crippen molar-refractivity contribution >= 4 is 76.2 Å².